The maximum Gasteiger partial charge on any atom is 0.407 e. The van der Waals surface area contributed by atoms with Gasteiger partial charge in [-0.2, -0.15) is 0 Å². The number of ether oxygens (including phenoxy) is 1. The molecule has 4 N–H and O–H groups in total. The van der Waals surface area contributed by atoms with Gasteiger partial charge in [0.15, 0.2) is 0 Å². The van der Waals surface area contributed by atoms with Crippen LogP contribution in [0.25, 0.3) is 11.1 Å². The van der Waals surface area contributed by atoms with Crippen LogP contribution in [-0.4, -0.2) is 49.3 Å². The Balaban J connectivity index is 1.09. The van der Waals surface area contributed by atoms with Crippen LogP contribution < -0.4 is 21.0 Å². The second-order valence-corrected chi connectivity index (χ2v) is 15.9. The summed E-state index contributed by atoms with van der Waals surface area (Å²) in [4.78, 5) is 39.2. The Hall–Kier alpha value is -4.24. The van der Waals surface area contributed by atoms with Crippen molar-refractivity contribution in [2.45, 2.75) is 71.1 Å². The van der Waals surface area contributed by atoms with Gasteiger partial charge in [-0.25, -0.2) is 9.88 Å². The van der Waals surface area contributed by atoms with Crippen LogP contribution in [0, 0.1) is 11.8 Å². The summed E-state index contributed by atoms with van der Waals surface area (Å²) in [5.74, 6) is -0.719. The lowest BCUT2D eigenvalue weighted by molar-refractivity contribution is -0.128. The number of hydrogen-bond acceptors (Lipinski definition) is 6. The van der Waals surface area contributed by atoms with E-state index in [2.05, 4.69) is 39.7 Å². The minimum atomic E-state index is -3.02. The summed E-state index contributed by atoms with van der Waals surface area (Å²) in [6.45, 7) is 9.93. The zero-order chi connectivity index (χ0) is 35.7. The second kappa shape index (κ2) is 17.1. The monoisotopic (exact) mass is 700 g/mol. The number of rotatable bonds is 17. The molecule has 0 aromatic heterocycles. The smallest absolute Gasteiger partial charge is 0.407 e. The minimum Gasteiger partial charge on any atom is -0.449 e. The Labute approximate surface area is 295 Å². The third kappa shape index (κ3) is 9.50. The highest BCUT2D eigenvalue weighted by molar-refractivity contribution is 7.56. The highest BCUT2D eigenvalue weighted by Gasteiger charge is 2.31. The Morgan fingerprint density at radius 3 is 2.12 bits per heavy atom. The summed E-state index contributed by atoms with van der Waals surface area (Å²) in [7, 11) is -3.02. The summed E-state index contributed by atoms with van der Waals surface area (Å²) >= 11 is 0. The van der Waals surface area contributed by atoms with Gasteiger partial charge < -0.3 is 25.2 Å². The lowest BCUT2D eigenvalue weighted by Gasteiger charge is -2.28. The lowest BCUT2D eigenvalue weighted by atomic mass is 9.86. The molecular weight excluding hydrogens is 651 g/mol. The molecule has 3 aromatic carbocycles. The van der Waals surface area contributed by atoms with E-state index < -0.39 is 37.5 Å². The molecule has 0 bridgehead atoms. The highest BCUT2D eigenvalue weighted by atomic mass is 31.2. The van der Waals surface area contributed by atoms with Crippen molar-refractivity contribution >= 4 is 31.1 Å². The van der Waals surface area contributed by atoms with Crippen molar-refractivity contribution < 1.29 is 28.2 Å². The number of nitrogens with one attached hydrogen (secondary N) is 4. The van der Waals surface area contributed by atoms with Crippen LogP contribution in [0.5, 0.6) is 0 Å². The first kappa shape index (κ1) is 37.0. The van der Waals surface area contributed by atoms with E-state index in [9.17, 15) is 18.9 Å². The number of amides is 3. The molecule has 0 saturated heterocycles. The standard InChI is InChI=1S/C39H49N4O6P/c1-5-6-22-50(47,40-23-28-12-11-13-28)49-24-29-18-20-30(21-19-29)42-37(44)27(4)41-38(45)36(26(2)3)43-39(46)48-25-35-33-16-9-7-14-31(33)32-15-8-10-17-34(32)35/h5,7-10,14-21,26-28,35-36H,1,6,11-13,22-25H2,2-4H3,(H,40,47)(H,41,45)(H,42,44)(H,43,46)/t27-,36-,50?/m0/s1. The summed E-state index contributed by atoms with van der Waals surface area (Å²) in [5.41, 5.74) is 5.80. The van der Waals surface area contributed by atoms with Gasteiger partial charge in [0, 0.05) is 24.3 Å². The molecule has 3 aromatic rings. The third-order valence-electron chi connectivity index (χ3n) is 9.45. The molecule has 2 aliphatic carbocycles. The van der Waals surface area contributed by atoms with Gasteiger partial charge in [0.05, 0.1) is 6.61 Å². The van der Waals surface area contributed by atoms with E-state index in [0.29, 0.717) is 30.7 Å². The topological polar surface area (TPSA) is 135 Å². The summed E-state index contributed by atoms with van der Waals surface area (Å²) in [6, 6.07) is 21.4. The molecule has 1 saturated carbocycles. The van der Waals surface area contributed by atoms with Crippen LogP contribution in [0.3, 0.4) is 0 Å². The van der Waals surface area contributed by atoms with Gasteiger partial charge in [-0.15, -0.1) is 6.58 Å². The Morgan fingerprint density at radius 2 is 1.54 bits per heavy atom. The second-order valence-electron chi connectivity index (χ2n) is 13.5. The Morgan fingerprint density at radius 1 is 0.900 bits per heavy atom. The molecular formula is C39H49N4O6P. The predicted octanol–water partition coefficient (Wildman–Crippen LogP) is 7.37. The van der Waals surface area contributed by atoms with E-state index in [0.717, 1.165) is 40.7 Å². The fraction of sp³-hybridized carbons (Fsp3) is 0.410. The number of anilines is 1. The van der Waals surface area contributed by atoms with E-state index in [1.807, 2.05) is 50.2 Å². The molecule has 0 radical (unpaired) electrons. The van der Waals surface area contributed by atoms with Gasteiger partial charge in [0.2, 0.25) is 11.8 Å². The SMILES string of the molecule is C=CCCP(=O)(NCC1CCC1)OCc1ccc(NC(=O)[C@H](C)NC(=O)[C@@H](NC(=O)OCC2c3ccccc3-c3ccccc32)C(C)C)cc1. The van der Waals surface area contributed by atoms with Crippen molar-refractivity contribution in [3.63, 3.8) is 0 Å². The molecule has 11 heteroatoms. The molecule has 1 unspecified atom stereocenters. The van der Waals surface area contributed by atoms with Crippen molar-refractivity contribution in [1.82, 2.24) is 15.7 Å². The van der Waals surface area contributed by atoms with E-state index in [1.165, 1.54) is 6.42 Å². The van der Waals surface area contributed by atoms with Gasteiger partial charge >= 0.3 is 6.09 Å². The number of allylic oxidation sites excluding steroid dienone is 1. The van der Waals surface area contributed by atoms with E-state index in [-0.39, 0.29) is 25.0 Å². The molecule has 2 aliphatic rings. The van der Waals surface area contributed by atoms with Gasteiger partial charge in [-0.05, 0) is 78.0 Å². The summed E-state index contributed by atoms with van der Waals surface area (Å²) in [5, 5.41) is 11.4. The van der Waals surface area contributed by atoms with Crippen molar-refractivity contribution in [3.8, 4) is 11.1 Å². The molecule has 5 rings (SSSR count). The van der Waals surface area contributed by atoms with Gasteiger partial charge in [0.25, 0.3) is 7.52 Å². The van der Waals surface area contributed by atoms with Crippen LogP contribution >= 0.6 is 7.52 Å². The van der Waals surface area contributed by atoms with Crippen LogP contribution in [0.4, 0.5) is 10.5 Å². The highest BCUT2D eigenvalue weighted by Crippen LogP contribution is 2.46. The van der Waals surface area contributed by atoms with Crippen LogP contribution in [0.1, 0.15) is 69.1 Å². The summed E-state index contributed by atoms with van der Waals surface area (Å²) < 4.78 is 24.9. The third-order valence-corrected chi connectivity index (χ3v) is 11.5. The molecule has 266 valence electrons. The lowest BCUT2D eigenvalue weighted by Crippen LogP contribution is -2.53. The fourth-order valence-electron chi connectivity index (χ4n) is 6.20. The zero-order valence-electron chi connectivity index (χ0n) is 29.2. The first-order valence-corrected chi connectivity index (χ1v) is 19.3. The van der Waals surface area contributed by atoms with Crippen molar-refractivity contribution in [1.29, 1.82) is 0 Å². The normalized spacial score (nSPS) is 16.2. The van der Waals surface area contributed by atoms with Crippen molar-refractivity contribution in [2.24, 2.45) is 11.8 Å². The van der Waals surface area contributed by atoms with Crippen LogP contribution in [0.2, 0.25) is 0 Å². The van der Waals surface area contributed by atoms with Gasteiger partial charge in [-0.1, -0.05) is 87.0 Å². The fourth-order valence-corrected chi connectivity index (χ4v) is 7.99. The molecule has 1 fully saturated rings. The van der Waals surface area contributed by atoms with E-state index in [1.54, 1.807) is 37.3 Å². The number of hydrogen-bond donors (Lipinski definition) is 4. The number of alkyl carbamates (subject to hydrolysis) is 1. The average Bonchev–Trinajstić information content (AvgIpc) is 3.41. The number of carbonyl (C=O) groups is 3. The quantitative estimate of drug-likeness (QED) is 0.0854. The minimum absolute atomic E-state index is 0.104. The molecule has 50 heavy (non-hydrogen) atoms. The Bertz CT molecular complexity index is 1660. The maximum atomic E-state index is 13.4. The van der Waals surface area contributed by atoms with E-state index in [4.69, 9.17) is 9.26 Å². The van der Waals surface area contributed by atoms with Crippen molar-refractivity contribution in [3.05, 3.63) is 102 Å². The van der Waals surface area contributed by atoms with Gasteiger partial charge in [0.1, 0.15) is 18.7 Å². The first-order chi connectivity index (χ1) is 24.1. The van der Waals surface area contributed by atoms with Crippen LogP contribution in [-0.2, 0) is 30.0 Å². The molecule has 3 atom stereocenters. The average molecular weight is 701 g/mol. The molecule has 10 nitrogen and oxygen atoms in total. The Kier molecular flexibility index (Phi) is 12.7. The molecule has 0 spiro atoms. The largest absolute Gasteiger partial charge is 0.449 e. The van der Waals surface area contributed by atoms with Crippen molar-refractivity contribution in [2.75, 3.05) is 24.6 Å². The number of fused-ring (bicyclic) bond motifs is 3. The van der Waals surface area contributed by atoms with Gasteiger partial charge in [-0.3, -0.25) is 14.2 Å². The van der Waals surface area contributed by atoms with Crippen LogP contribution in [0.15, 0.2) is 85.5 Å². The maximum absolute atomic E-state index is 13.4. The van der Waals surface area contributed by atoms with E-state index >= 15 is 0 Å². The number of carbonyl (C=O) groups excluding carboxylic acids is 3. The zero-order valence-corrected chi connectivity index (χ0v) is 30.0. The number of benzene rings is 3. The summed E-state index contributed by atoms with van der Waals surface area (Å²) in [6.07, 6.45) is 5.55. The molecule has 0 aliphatic heterocycles. The molecule has 3 amide bonds. The first-order valence-electron chi connectivity index (χ1n) is 17.5. The predicted molar refractivity (Wildman–Crippen MR) is 197 cm³/mol. The molecule has 0 heterocycles.